The third kappa shape index (κ3) is 4.15. The summed E-state index contributed by atoms with van der Waals surface area (Å²) in [5, 5.41) is 3.41. The van der Waals surface area contributed by atoms with Crippen molar-refractivity contribution in [1.82, 2.24) is 0 Å². The minimum absolute atomic E-state index is 0.228. The maximum atomic E-state index is 12.2. The number of nitrogens with one attached hydrogen (secondary N) is 1. The van der Waals surface area contributed by atoms with Gasteiger partial charge in [-0.25, -0.2) is 0 Å². The standard InChI is InChI=1S/C17H18ClNO3/c1-11-9-14(21-3)7-8-16(11)19-17(20)12(2)22-15-6-4-5-13(18)10-15/h4-10,12H,1-3H3,(H,19,20)/t12-/m0/s1. The van der Waals surface area contributed by atoms with Gasteiger partial charge in [-0.2, -0.15) is 0 Å². The molecule has 1 atom stereocenters. The molecule has 2 aromatic carbocycles. The first-order chi connectivity index (χ1) is 10.5. The highest BCUT2D eigenvalue weighted by molar-refractivity contribution is 6.30. The Morgan fingerprint density at radius 1 is 1.18 bits per heavy atom. The van der Waals surface area contributed by atoms with Gasteiger partial charge in [0.1, 0.15) is 11.5 Å². The van der Waals surface area contributed by atoms with Crippen LogP contribution in [-0.2, 0) is 4.79 Å². The normalized spacial score (nSPS) is 11.6. The molecule has 2 rings (SSSR count). The van der Waals surface area contributed by atoms with Gasteiger partial charge in [0.2, 0.25) is 0 Å². The van der Waals surface area contributed by atoms with E-state index < -0.39 is 6.10 Å². The highest BCUT2D eigenvalue weighted by Gasteiger charge is 2.16. The molecular formula is C17H18ClNO3. The summed E-state index contributed by atoms with van der Waals surface area (Å²) < 4.78 is 10.7. The number of carbonyl (C=O) groups excluding carboxylic acids is 1. The van der Waals surface area contributed by atoms with Crippen molar-refractivity contribution in [2.24, 2.45) is 0 Å². The van der Waals surface area contributed by atoms with Crippen LogP contribution in [0.4, 0.5) is 5.69 Å². The Labute approximate surface area is 135 Å². The van der Waals surface area contributed by atoms with E-state index in [0.29, 0.717) is 10.8 Å². The van der Waals surface area contributed by atoms with Crippen LogP contribution in [-0.4, -0.2) is 19.1 Å². The molecule has 5 heteroatoms. The summed E-state index contributed by atoms with van der Waals surface area (Å²) in [5.41, 5.74) is 1.65. The van der Waals surface area contributed by atoms with Gasteiger partial charge >= 0.3 is 0 Å². The van der Waals surface area contributed by atoms with E-state index in [1.54, 1.807) is 50.4 Å². The lowest BCUT2D eigenvalue weighted by Gasteiger charge is -2.16. The fourth-order valence-electron chi connectivity index (χ4n) is 1.94. The Kier molecular flexibility index (Phi) is 5.28. The van der Waals surface area contributed by atoms with Gasteiger partial charge in [0.05, 0.1) is 7.11 Å². The predicted octanol–water partition coefficient (Wildman–Crippen LogP) is 4.06. The van der Waals surface area contributed by atoms with Crippen molar-refractivity contribution in [3.63, 3.8) is 0 Å². The highest BCUT2D eigenvalue weighted by atomic mass is 35.5. The number of carbonyl (C=O) groups is 1. The molecule has 0 aliphatic heterocycles. The van der Waals surface area contributed by atoms with Gasteiger partial charge < -0.3 is 14.8 Å². The van der Waals surface area contributed by atoms with E-state index in [0.717, 1.165) is 17.0 Å². The molecule has 0 radical (unpaired) electrons. The van der Waals surface area contributed by atoms with Gasteiger partial charge in [0.15, 0.2) is 6.10 Å². The number of amides is 1. The summed E-state index contributed by atoms with van der Waals surface area (Å²) in [6.45, 7) is 3.59. The zero-order chi connectivity index (χ0) is 16.1. The lowest BCUT2D eigenvalue weighted by molar-refractivity contribution is -0.122. The van der Waals surface area contributed by atoms with Crippen LogP contribution >= 0.6 is 11.6 Å². The number of hydrogen-bond acceptors (Lipinski definition) is 3. The first-order valence-electron chi connectivity index (χ1n) is 6.87. The Morgan fingerprint density at radius 2 is 1.95 bits per heavy atom. The van der Waals surface area contributed by atoms with E-state index >= 15 is 0 Å². The number of benzene rings is 2. The van der Waals surface area contributed by atoms with E-state index in [-0.39, 0.29) is 5.91 Å². The Morgan fingerprint density at radius 3 is 2.59 bits per heavy atom. The molecule has 0 saturated carbocycles. The summed E-state index contributed by atoms with van der Waals surface area (Å²) in [4.78, 5) is 12.2. The maximum absolute atomic E-state index is 12.2. The minimum Gasteiger partial charge on any atom is -0.497 e. The number of hydrogen-bond donors (Lipinski definition) is 1. The maximum Gasteiger partial charge on any atom is 0.265 e. The van der Waals surface area contributed by atoms with Gasteiger partial charge in [0.25, 0.3) is 5.91 Å². The smallest absolute Gasteiger partial charge is 0.265 e. The van der Waals surface area contributed by atoms with Crippen LogP contribution in [0.15, 0.2) is 42.5 Å². The van der Waals surface area contributed by atoms with E-state index in [4.69, 9.17) is 21.1 Å². The SMILES string of the molecule is COc1ccc(NC(=O)[C@H](C)Oc2cccc(Cl)c2)c(C)c1. The first kappa shape index (κ1) is 16.2. The lowest BCUT2D eigenvalue weighted by Crippen LogP contribution is -2.30. The summed E-state index contributed by atoms with van der Waals surface area (Å²) >= 11 is 5.89. The van der Waals surface area contributed by atoms with Gasteiger partial charge in [-0.05, 0) is 55.8 Å². The molecular weight excluding hydrogens is 302 g/mol. The van der Waals surface area contributed by atoms with E-state index in [1.165, 1.54) is 0 Å². The van der Waals surface area contributed by atoms with Crippen LogP contribution in [0.25, 0.3) is 0 Å². The topological polar surface area (TPSA) is 47.6 Å². The summed E-state index contributed by atoms with van der Waals surface area (Å²) in [5.74, 6) is 1.08. The minimum atomic E-state index is -0.639. The second-order valence-corrected chi connectivity index (χ2v) is 5.32. The van der Waals surface area contributed by atoms with Crippen molar-refractivity contribution in [2.45, 2.75) is 20.0 Å². The van der Waals surface area contributed by atoms with Crippen LogP contribution in [0, 0.1) is 6.92 Å². The van der Waals surface area contributed by atoms with Crippen molar-refractivity contribution in [3.8, 4) is 11.5 Å². The molecule has 0 saturated heterocycles. The molecule has 22 heavy (non-hydrogen) atoms. The monoisotopic (exact) mass is 319 g/mol. The van der Waals surface area contributed by atoms with Crippen LogP contribution in [0.5, 0.6) is 11.5 Å². The van der Waals surface area contributed by atoms with E-state index in [2.05, 4.69) is 5.32 Å². The molecule has 0 fully saturated rings. The Bertz CT molecular complexity index is 673. The average molecular weight is 320 g/mol. The molecule has 0 aliphatic carbocycles. The molecule has 1 amide bonds. The third-order valence-corrected chi connectivity index (χ3v) is 3.40. The Hall–Kier alpha value is -2.20. The number of methoxy groups -OCH3 is 1. The average Bonchev–Trinajstić information content (AvgIpc) is 2.49. The summed E-state index contributed by atoms with van der Waals surface area (Å²) in [6, 6.07) is 12.4. The third-order valence-electron chi connectivity index (χ3n) is 3.17. The summed E-state index contributed by atoms with van der Waals surface area (Å²) in [7, 11) is 1.61. The number of ether oxygens (including phenoxy) is 2. The van der Waals surface area contributed by atoms with Crippen molar-refractivity contribution in [2.75, 3.05) is 12.4 Å². The van der Waals surface area contributed by atoms with Gasteiger partial charge in [-0.3, -0.25) is 4.79 Å². The fourth-order valence-corrected chi connectivity index (χ4v) is 2.12. The zero-order valence-electron chi connectivity index (χ0n) is 12.7. The largest absolute Gasteiger partial charge is 0.497 e. The molecule has 0 unspecified atom stereocenters. The van der Waals surface area contributed by atoms with E-state index in [9.17, 15) is 4.79 Å². The van der Waals surface area contributed by atoms with Crippen molar-refractivity contribution >= 4 is 23.2 Å². The van der Waals surface area contributed by atoms with Crippen LogP contribution < -0.4 is 14.8 Å². The van der Waals surface area contributed by atoms with Gasteiger partial charge in [-0.15, -0.1) is 0 Å². The van der Waals surface area contributed by atoms with Gasteiger partial charge in [0, 0.05) is 10.7 Å². The quantitative estimate of drug-likeness (QED) is 0.904. The molecule has 116 valence electrons. The number of aryl methyl sites for hydroxylation is 1. The van der Waals surface area contributed by atoms with Crippen LogP contribution in [0.2, 0.25) is 5.02 Å². The van der Waals surface area contributed by atoms with Crippen molar-refractivity contribution < 1.29 is 14.3 Å². The molecule has 0 spiro atoms. The predicted molar refractivity (Wildman–Crippen MR) is 87.9 cm³/mol. The second-order valence-electron chi connectivity index (χ2n) is 4.89. The molecule has 2 aromatic rings. The Balaban J connectivity index is 2.02. The fraction of sp³-hybridized carbons (Fsp3) is 0.235. The highest BCUT2D eigenvalue weighted by Crippen LogP contribution is 2.22. The van der Waals surface area contributed by atoms with Gasteiger partial charge in [-0.1, -0.05) is 17.7 Å². The molecule has 0 bridgehead atoms. The zero-order valence-corrected chi connectivity index (χ0v) is 13.5. The molecule has 0 heterocycles. The molecule has 0 aliphatic rings. The lowest BCUT2D eigenvalue weighted by atomic mass is 10.2. The van der Waals surface area contributed by atoms with Crippen LogP contribution in [0.3, 0.4) is 0 Å². The number of anilines is 1. The van der Waals surface area contributed by atoms with Crippen LogP contribution in [0.1, 0.15) is 12.5 Å². The number of halogens is 1. The number of rotatable bonds is 5. The second kappa shape index (κ2) is 7.18. The van der Waals surface area contributed by atoms with Crippen molar-refractivity contribution in [3.05, 3.63) is 53.1 Å². The van der Waals surface area contributed by atoms with E-state index in [1.807, 2.05) is 13.0 Å². The molecule has 1 N–H and O–H groups in total. The molecule has 4 nitrogen and oxygen atoms in total. The first-order valence-corrected chi connectivity index (χ1v) is 7.25. The summed E-state index contributed by atoms with van der Waals surface area (Å²) in [6.07, 6.45) is -0.639. The van der Waals surface area contributed by atoms with Crippen molar-refractivity contribution in [1.29, 1.82) is 0 Å². The molecule has 0 aromatic heterocycles.